The lowest BCUT2D eigenvalue weighted by molar-refractivity contribution is 0.0921. The van der Waals surface area contributed by atoms with Gasteiger partial charge in [-0.2, -0.15) is 0 Å². The highest BCUT2D eigenvalue weighted by Gasteiger charge is 2.13. The molecule has 0 spiro atoms. The van der Waals surface area contributed by atoms with E-state index in [0.29, 0.717) is 22.9 Å². The molecule has 0 saturated carbocycles. The number of furan rings is 1. The van der Waals surface area contributed by atoms with Gasteiger partial charge in [-0.1, -0.05) is 18.0 Å². The summed E-state index contributed by atoms with van der Waals surface area (Å²) in [6.07, 6.45) is 3.85. The Labute approximate surface area is 129 Å². The van der Waals surface area contributed by atoms with Crippen molar-refractivity contribution in [1.29, 1.82) is 0 Å². The first kappa shape index (κ1) is 14.4. The number of rotatable bonds is 4. The van der Waals surface area contributed by atoms with Gasteiger partial charge in [0.2, 0.25) is 0 Å². The smallest absolute Gasteiger partial charge is 0.287 e. The quantitative estimate of drug-likeness (QED) is 0.942. The number of benzene rings is 1. The third-order valence-electron chi connectivity index (χ3n) is 3.86. The molecule has 2 aromatic rings. The molecule has 1 amide bonds. The van der Waals surface area contributed by atoms with Gasteiger partial charge in [-0.25, -0.2) is 0 Å². The SMILES string of the molecule is O=C(NCCN1CCCCC1)c1cc2cc(Cl)ccc2o1. The number of carbonyl (C=O) groups excluding carboxylic acids is 1. The molecule has 21 heavy (non-hydrogen) atoms. The van der Waals surface area contributed by atoms with Crippen molar-refractivity contribution >= 4 is 28.5 Å². The Bertz CT molecular complexity index is 632. The number of likely N-dealkylation sites (tertiary alicyclic amines) is 1. The van der Waals surface area contributed by atoms with E-state index in [1.54, 1.807) is 24.3 Å². The summed E-state index contributed by atoms with van der Waals surface area (Å²) in [5, 5.41) is 4.40. The fourth-order valence-electron chi connectivity index (χ4n) is 2.72. The van der Waals surface area contributed by atoms with Crippen molar-refractivity contribution in [3.05, 3.63) is 35.0 Å². The molecule has 1 aliphatic heterocycles. The molecule has 1 fully saturated rings. The van der Waals surface area contributed by atoms with Crippen LogP contribution in [0.1, 0.15) is 29.8 Å². The van der Waals surface area contributed by atoms with E-state index in [1.165, 1.54) is 19.3 Å². The maximum Gasteiger partial charge on any atom is 0.287 e. The zero-order valence-electron chi connectivity index (χ0n) is 11.9. The van der Waals surface area contributed by atoms with Gasteiger partial charge in [-0.3, -0.25) is 4.79 Å². The van der Waals surface area contributed by atoms with Crippen molar-refractivity contribution in [2.75, 3.05) is 26.2 Å². The molecular formula is C16H19ClN2O2. The van der Waals surface area contributed by atoms with Crippen molar-refractivity contribution in [2.45, 2.75) is 19.3 Å². The van der Waals surface area contributed by atoms with Crippen molar-refractivity contribution in [1.82, 2.24) is 10.2 Å². The van der Waals surface area contributed by atoms with Gasteiger partial charge in [-0.05, 0) is 50.2 Å². The molecule has 4 nitrogen and oxygen atoms in total. The molecule has 1 aliphatic rings. The number of amides is 1. The summed E-state index contributed by atoms with van der Waals surface area (Å²) in [5.74, 6) is 0.172. The Morgan fingerprint density at radius 3 is 2.86 bits per heavy atom. The molecule has 0 bridgehead atoms. The fraction of sp³-hybridized carbons (Fsp3) is 0.438. The van der Waals surface area contributed by atoms with E-state index in [-0.39, 0.29) is 5.91 Å². The zero-order valence-corrected chi connectivity index (χ0v) is 12.7. The molecule has 1 aromatic heterocycles. The zero-order chi connectivity index (χ0) is 14.7. The molecule has 5 heteroatoms. The average Bonchev–Trinajstić information content (AvgIpc) is 2.91. The van der Waals surface area contributed by atoms with Crippen LogP contribution in [0.25, 0.3) is 11.0 Å². The molecule has 3 rings (SSSR count). The second-order valence-electron chi connectivity index (χ2n) is 5.45. The predicted molar refractivity (Wildman–Crippen MR) is 83.8 cm³/mol. The van der Waals surface area contributed by atoms with Crippen LogP contribution in [0.4, 0.5) is 0 Å². The van der Waals surface area contributed by atoms with E-state index in [4.69, 9.17) is 16.0 Å². The number of piperidine rings is 1. The summed E-state index contributed by atoms with van der Waals surface area (Å²) >= 11 is 5.93. The summed E-state index contributed by atoms with van der Waals surface area (Å²) in [4.78, 5) is 14.5. The van der Waals surface area contributed by atoms with Crippen LogP contribution in [0.3, 0.4) is 0 Å². The lowest BCUT2D eigenvalue weighted by atomic mass is 10.1. The van der Waals surface area contributed by atoms with E-state index in [1.807, 2.05) is 0 Å². The first-order valence-electron chi connectivity index (χ1n) is 7.42. The number of hydrogen-bond acceptors (Lipinski definition) is 3. The molecule has 0 aliphatic carbocycles. The topological polar surface area (TPSA) is 45.5 Å². The molecule has 2 heterocycles. The third kappa shape index (κ3) is 3.57. The van der Waals surface area contributed by atoms with E-state index >= 15 is 0 Å². The summed E-state index contributed by atoms with van der Waals surface area (Å²) in [6.45, 7) is 3.83. The second-order valence-corrected chi connectivity index (χ2v) is 5.89. The van der Waals surface area contributed by atoms with Gasteiger partial charge in [0.1, 0.15) is 5.58 Å². The van der Waals surface area contributed by atoms with Gasteiger partial charge < -0.3 is 14.6 Å². The molecule has 112 valence electrons. The lowest BCUT2D eigenvalue weighted by Gasteiger charge is -2.26. The van der Waals surface area contributed by atoms with Crippen LogP contribution in [-0.2, 0) is 0 Å². The van der Waals surface area contributed by atoms with Crippen LogP contribution in [0.5, 0.6) is 0 Å². The summed E-state index contributed by atoms with van der Waals surface area (Å²) in [7, 11) is 0. The molecule has 0 unspecified atom stereocenters. The molecule has 0 radical (unpaired) electrons. The summed E-state index contributed by atoms with van der Waals surface area (Å²) in [5.41, 5.74) is 0.681. The highest BCUT2D eigenvalue weighted by molar-refractivity contribution is 6.31. The number of carbonyl (C=O) groups is 1. The Morgan fingerprint density at radius 1 is 1.24 bits per heavy atom. The van der Waals surface area contributed by atoms with Gasteiger partial charge in [-0.15, -0.1) is 0 Å². The number of nitrogens with zero attached hydrogens (tertiary/aromatic N) is 1. The van der Waals surface area contributed by atoms with Crippen LogP contribution in [0.15, 0.2) is 28.7 Å². The summed E-state index contributed by atoms with van der Waals surface area (Å²) in [6, 6.07) is 7.07. The minimum Gasteiger partial charge on any atom is -0.451 e. The van der Waals surface area contributed by atoms with Gasteiger partial charge >= 0.3 is 0 Å². The fourth-order valence-corrected chi connectivity index (χ4v) is 2.90. The van der Waals surface area contributed by atoms with Crippen LogP contribution < -0.4 is 5.32 Å². The van der Waals surface area contributed by atoms with Gasteiger partial charge in [0.05, 0.1) is 0 Å². The number of hydrogen-bond donors (Lipinski definition) is 1. The van der Waals surface area contributed by atoms with E-state index in [9.17, 15) is 4.79 Å². The summed E-state index contributed by atoms with van der Waals surface area (Å²) < 4.78 is 5.54. The second kappa shape index (κ2) is 6.50. The maximum atomic E-state index is 12.1. The average molecular weight is 307 g/mol. The molecule has 0 atom stereocenters. The molecule has 1 N–H and O–H groups in total. The van der Waals surface area contributed by atoms with E-state index in [2.05, 4.69) is 10.2 Å². The third-order valence-corrected chi connectivity index (χ3v) is 4.10. The van der Waals surface area contributed by atoms with Crippen molar-refractivity contribution < 1.29 is 9.21 Å². The Morgan fingerprint density at radius 2 is 2.05 bits per heavy atom. The van der Waals surface area contributed by atoms with Crippen molar-refractivity contribution in [3.8, 4) is 0 Å². The molecular weight excluding hydrogens is 288 g/mol. The molecule has 1 aromatic carbocycles. The van der Waals surface area contributed by atoms with Crippen molar-refractivity contribution in [2.24, 2.45) is 0 Å². The lowest BCUT2D eigenvalue weighted by Crippen LogP contribution is -2.37. The Kier molecular flexibility index (Phi) is 4.46. The Balaban J connectivity index is 1.56. The standard InChI is InChI=1S/C16H19ClN2O2/c17-13-4-5-14-12(10-13)11-15(21-14)16(20)18-6-9-19-7-2-1-3-8-19/h4-5,10-11H,1-3,6-9H2,(H,18,20). The van der Waals surface area contributed by atoms with Crippen LogP contribution in [0, 0.1) is 0 Å². The van der Waals surface area contributed by atoms with Crippen LogP contribution >= 0.6 is 11.6 Å². The van der Waals surface area contributed by atoms with Crippen LogP contribution in [0.2, 0.25) is 5.02 Å². The first-order chi connectivity index (χ1) is 10.2. The number of halogens is 1. The normalized spacial score (nSPS) is 16.2. The van der Waals surface area contributed by atoms with E-state index in [0.717, 1.165) is 25.0 Å². The number of nitrogens with one attached hydrogen (secondary N) is 1. The first-order valence-corrected chi connectivity index (χ1v) is 7.80. The highest BCUT2D eigenvalue weighted by atomic mass is 35.5. The predicted octanol–water partition coefficient (Wildman–Crippen LogP) is 3.30. The molecule has 1 saturated heterocycles. The van der Waals surface area contributed by atoms with E-state index < -0.39 is 0 Å². The van der Waals surface area contributed by atoms with Crippen molar-refractivity contribution in [3.63, 3.8) is 0 Å². The largest absolute Gasteiger partial charge is 0.451 e. The van der Waals surface area contributed by atoms with Gasteiger partial charge in [0.15, 0.2) is 5.76 Å². The monoisotopic (exact) mass is 306 g/mol. The van der Waals surface area contributed by atoms with Crippen LogP contribution in [-0.4, -0.2) is 37.0 Å². The Hall–Kier alpha value is -1.52. The van der Waals surface area contributed by atoms with Gasteiger partial charge in [0, 0.05) is 23.5 Å². The van der Waals surface area contributed by atoms with Gasteiger partial charge in [0.25, 0.3) is 5.91 Å². The minimum absolute atomic E-state index is 0.167. The highest BCUT2D eigenvalue weighted by Crippen LogP contribution is 2.22. The maximum absolute atomic E-state index is 12.1. The number of fused-ring (bicyclic) bond motifs is 1. The minimum atomic E-state index is -0.167.